The molecule has 0 aromatic heterocycles. The molecule has 0 radical (unpaired) electrons. The topological polar surface area (TPSA) is 78.5 Å². The first-order valence-corrected chi connectivity index (χ1v) is 13.3. The first-order valence-electron chi connectivity index (χ1n) is 11.8. The summed E-state index contributed by atoms with van der Waals surface area (Å²) in [7, 11) is -1.23. The molecule has 1 heterocycles. The van der Waals surface area contributed by atoms with Gasteiger partial charge in [-0.25, -0.2) is 4.21 Å². The van der Waals surface area contributed by atoms with Crippen LogP contribution in [0.5, 0.6) is 0 Å². The van der Waals surface area contributed by atoms with Crippen LogP contribution in [-0.4, -0.2) is 39.3 Å². The highest BCUT2D eigenvalue weighted by Gasteiger charge is 2.47. The second-order valence-corrected chi connectivity index (χ2v) is 10.2. The number of anilines is 1. The van der Waals surface area contributed by atoms with Crippen molar-refractivity contribution >= 4 is 28.5 Å². The molecule has 2 aliphatic rings. The van der Waals surface area contributed by atoms with Crippen LogP contribution in [-0.2, 0) is 40.0 Å². The fraction of sp³-hybridized carbons (Fsp3) is 0.462. The van der Waals surface area contributed by atoms with Crippen LogP contribution in [0.3, 0.4) is 0 Å². The summed E-state index contributed by atoms with van der Waals surface area (Å²) in [5, 5.41) is 3.11. The Labute approximate surface area is 198 Å². The third-order valence-electron chi connectivity index (χ3n) is 7.11. The minimum Gasteiger partial charge on any atom is -0.342 e. The van der Waals surface area contributed by atoms with Gasteiger partial charge < -0.3 is 14.9 Å². The van der Waals surface area contributed by atoms with E-state index in [9.17, 15) is 13.8 Å². The van der Waals surface area contributed by atoms with Crippen LogP contribution in [0.2, 0.25) is 0 Å². The Morgan fingerprint density at radius 2 is 1.64 bits per heavy atom. The minimum atomic E-state index is -1.23. The van der Waals surface area contributed by atoms with Crippen LogP contribution >= 0.6 is 0 Å². The number of nitrogens with one attached hydrogen (secondary N) is 2. The number of hydrogen-bond donors (Lipinski definition) is 2. The molecule has 7 heteroatoms. The second-order valence-electron chi connectivity index (χ2n) is 9.12. The molecule has 2 aromatic carbocycles. The number of rotatable bonds is 8. The smallest absolute Gasteiger partial charge is 0.246 e. The summed E-state index contributed by atoms with van der Waals surface area (Å²) < 4.78 is 14.8. The van der Waals surface area contributed by atoms with E-state index in [1.807, 2.05) is 36.4 Å². The summed E-state index contributed by atoms with van der Waals surface area (Å²) in [6.07, 6.45) is 4.80. The first-order chi connectivity index (χ1) is 15.9. The van der Waals surface area contributed by atoms with Crippen LogP contribution in [0.25, 0.3) is 0 Å². The van der Waals surface area contributed by atoms with E-state index in [1.165, 1.54) is 11.1 Å². The molecular formula is C26H33N3O3S. The Morgan fingerprint density at radius 1 is 1.03 bits per heavy atom. The molecule has 0 spiro atoms. The van der Waals surface area contributed by atoms with Crippen molar-refractivity contribution in [3.63, 3.8) is 0 Å². The SMILES string of the molecule is CCC(CC)[C@@H]1C(=O)NC(C2Cc3ccccc3C2)C(=O)N1Cc1ccccc1NS(C)=O. The van der Waals surface area contributed by atoms with E-state index in [0.29, 0.717) is 6.54 Å². The molecule has 176 valence electrons. The van der Waals surface area contributed by atoms with E-state index in [2.05, 4.69) is 36.0 Å². The average Bonchev–Trinajstić information content (AvgIpc) is 3.23. The molecule has 6 nitrogen and oxygen atoms in total. The van der Waals surface area contributed by atoms with E-state index in [4.69, 9.17) is 0 Å². The number of benzene rings is 2. The van der Waals surface area contributed by atoms with E-state index in [0.717, 1.165) is 36.9 Å². The normalized spacial score (nSPS) is 21.8. The van der Waals surface area contributed by atoms with Crippen molar-refractivity contribution in [3.05, 3.63) is 65.2 Å². The lowest BCUT2D eigenvalue weighted by Crippen LogP contribution is -2.66. The molecular weight excluding hydrogens is 434 g/mol. The number of fused-ring (bicyclic) bond motifs is 1. The molecule has 4 rings (SSSR count). The van der Waals surface area contributed by atoms with Crippen LogP contribution in [0.1, 0.15) is 43.4 Å². The summed E-state index contributed by atoms with van der Waals surface area (Å²) in [5.74, 6) is 0.0575. The summed E-state index contributed by atoms with van der Waals surface area (Å²) in [6, 6.07) is 14.8. The van der Waals surface area contributed by atoms with Gasteiger partial charge in [-0.1, -0.05) is 69.2 Å². The number of piperazine rings is 1. The molecule has 33 heavy (non-hydrogen) atoms. The van der Waals surface area contributed by atoms with Gasteiger partial charge in [0.15, 0.2) is 0 Å². The molecule has 1 aliphatic carbocycles. The Balaban J connectivity index is 1.65. The zero-order valence-corrected chi connectivity index (χ0v) is 20.4. The third kappa shape index (κ3) is 4.83. The Morgan fingerprint density at radius 3 is 2.24 bits per heavy atom. The number of para-hydroxylation sites is 1. The maximum Gasteiger partial charge on any atom is 0.246 e. The molecule has 2 aromatic rings. The molecule has 2 N–H and O–H groups in total. The fourth-order valence-corrected chi connectivity index (χ4v) is 5.89. The molecule has 1 saturated heterocycles. The molecule has 2 amide bonds. The summed E-state index contributed by atoms with van der Waals surface area (Å²) in [4.78, 5) is 29.1. The monoisotopic (exact) mass is 467 g/mol. The summed E-state index contributed by atoms with van der Waals surface area (Å²) in [6.45, 7) is 4.45. The van der Waals surface area contributed by atoms with Crippen molar-refractivity contribution in [3.8, 4) is 0 Å². The van der Waals surface area contributed by atoms with E-state index >= 15 is 0 Å². The lowest BCUT2D eigenvalue weighted by molar-refractivity contribution is -0.154. The van der Waals surface area contributed by atoms with Gasteiger partial charge in [0.1, 0.15) is 23.1 Å². The molecule has 0 saturated carbocycles. The highest BCUT2D eigenvalue weighted by atomic mass is 32.2. The van der Waals surface area contributed by atoms with Gasteiger partial charge in [-0.2, -0.15) is 0 Å². The zero-order valence-electron chi connectivity index (χ0n) is 19.5. The van der Waals surface area contributed by atoms with Crippen molar-refractivity contribution in [1.82, 2.24) is 10.2 Å². The zero-order chi connectivity index (χ0) is 23.5. The summed E-state index contributed by atoms with van der Waals surface area (Å²) in [5.41, 5.74) is 4.11. The minimum absolute atomic E-state index is 0.0169. The van der Waals surface area contributed by atoms with Gasteiger partial charge in [-0.05, 0) is 47.4 Å². The molecule has 2 unspecified atom stereocenters. The van der Waals surface area contributed by atoms with Crippen LogP contribution in [0, 0.1) is 11.8 Å². The highest BCUT2D eigenvalue weighted by Crippen LogP contribution is 2.34. The van der Waals surface area contributed by atoms with Gasteiger partial charge >= 0.3 is 0 Å². The maximum absolute atomic E-state index is 13.9. The lowest BCUT2D eigenvalue weighted by atomic mass is 9.86. The lowest BCUT2D eigenvalue weighted by Gasteiger charge is -2.44. The Hall–Kier alpha value is -2.67. The van der Waals surface area contributed by atoms with Crippen molar-refractivity contribution in [1.29, 1.82) is 0 Å². The number of amides is 2. The predicted octanol–water partition coefficient (Wildman–Crippen LogP) is 3.44. The van der Waals surface area contributed by atoms with Gasteiger partial charge in [0, 0.05) is 12.8 Å². The van der Waals surface area contributed by atoms with Crippen molar-refractivity contribution < 1.29 is 13.8 Å². The number of nitrogens with zero attached hydrogens (tertiary/aromatic N) is 1. The van der Waals surface area contributed by atoms with E-state index < -0.39 is 23.1 Å². The van der Waals surface area contributed by atoms with Crippen LogP contribution < -0.4 is 10.0 Å². The third-order valence-corrected chi connectivity index (χ3v) is 7.62. The molecule has 1 aliphatic heterocycles. The van der Waals surface area contributed by atoms with Gasteiger partial charge in [0.05, 0.1) is 5.69 Å². The predicted molar refractivity (Wildman–Crippen MR) is 132 cm³/mol. The first kappa shape index (κ1) is 23.5. The molecule has 0 bridgehead atoms. The number of carbonyl (C=O) groups excluding carboxylic acids is 2. The van der Waals surface area contributed by atoms with Gasteiger partial charge in [-0.15, -0.1) is 0 Å². The maximum atomic E-state index is 13.9. The van der Waals surface area contributed by atoms with Gasteiger partial charge in [-0.3, -0.25) is 9.59 Å². The largest absolute Gasteiger partial charge is 0.342 e. The fourth-order valence-electron chi connectivity index (χ4n) is 5.38. The van der Waals surface area contributed by atoms with E-state index in [1.54, 1.807) is 11.2 Å². The van der Waals surface area contributed by atoms with Crippen LogP contribution in [0.4, 0.5) is 5.69 Å². The van der Waals surface area contributed by atoms with Crippen molar-refractivity contribution in [2.45, 2.75) is 58.2 Å². The van der Waals surface area contributed by atoms with E-state index in [-0.39, 0.29) is 23.7 Å². The second kappa shape index (κ2) is 10.1. The van der Waals surface area contributed by atoms with Gasteiger partial charge in [0.25, 0.3) is 0 Å². The quantitative estimate of drug-likeness (QED) is 0.624. The Kier molecular flexibility index (Phi) is 7.17. The standard InChI is InChI=1S/C26H33N3O3S/c1-4-17(5-2)24-25(30)27-23(21-14-18-10-6-7-11-19(18)15-21)26(31)29(24)16-20-12-8-9-13-22(20)28-33(3)32/h6-13,17,21,23-24,28H,4-5,14-16H2,1-3H3,(H,27,30)/t23?,24-,33?/m1/s1. The number of carbonyl (C=O) groups is 2. The van der Waals surface area contributed by atoms with Crippen molar-refractivity contribution in [2.75, 3.05) is 11.0 Å². The molecule has 3 atom stereocenters. The average molecular weight is 468 g/mol. The summed E-state index contributed by atoms with van der Waals surface area (Å²) >= 11 is 0. The van der Waals surface area contributed by atoms with Crippen molar-refractivity contribution in [2.24, 2.45) is 11.8 Å². The number of hydrogen-bond acceptors (Lipinski definition) is 3. The highest BCUT2D eigenvalue weighted by molar-refractivity contribution is 7.85. The Bertz CT molecular complexity index is 1030. The van der Waals surface area contributed by atoms with Crippen LogP contribution in [0.15, 0.2) is 48.5 Å². The van der Waals surface area contributed by atoms with Gasteiger partial charge in [0.2, 0.25) is 11.8 Å². The molecule has 1 fully saturated rings.